The third-order valence-electron chi connectivity index (χ3n) is 0. The summed E-state index contributed by atoms with van der Waals surface area (Å²) >= 11 is 0. The van der Waals surface area contributed by atoms with Crippen LogP contribution < -0.4 is 0 Å². The van der Waals surface area contributed by atoms with Gasteiger partial charge in [-0.25, -0.2) is 0 Å². The minimum Gasteiger partial charge on any atom is -1.00 e. The van der Waals surface area contributed by atoms with Gasteiger partial charge in [0.15, 0.2) is 17.4 Å². The van der Waals surface area contributed by atoms with Crippen LogP contribution in [0.5, 0.6) is 0 Å². The van der Waals surface area contributed by atoms with Gasteiger partial charge in [-0.2, -0.15) is 0 Å². The maximum absolute atomic E-state index is 0. The summed E-state index contributed by atoms with van der Waals surface area (Å²) in [7, 11) is 0. The predicted molar refractivity (Wildman–Crippen MR) is 29.3 cm³/mol. The molecule has 5 heavy (non-hydrogen) atoms. The molecule has 0 nitrogen and oxygen atoms in total. The number of rotatable bonds is 0. The van der Waals surface area contributed by atoms with Gasteiger partial charge in [0.2, 0.25) is 0 Å². The molecular formula is H9AlDyMgScSi. The first-order chi connectivity index (χ1) is 0. The van der Waals surface area contributed by atoms with Gasteiger partial charge in [0.1, 0.15) is 0 Å². The minimum absolute atomic E-state index is 0. The van der Waals surface area contributed by atoms with Crippen LogP contribution in [0, 0.1) is 38.2 Å². The van der Waals surface area contributed by atoms with Crippen molar-refractivity contribution in [1.29, 1.82) is 0 Å². The van der Waals surface area contributed by atoms with Crippen molar-refractivity contribution in [1.82, 2.24) is 0 Å². The van der Waals surface area contributed by atoms with Crippen LogP contribution in [-0.2, 0) is 25.8 Å². The summed E-state index contributed by atoms with van der Waals surface area (Å²) in [6.45, 7) is 0. The van der Waals surface area contributed by atoms with Crippen molar-refractivity contribution in [3.63, 3.8) is 0 Å². The Kier molecular flexibility index (Phi) is 193. The zero-order valence-corrected chi connectivity index (χ0v) is 6.85. The Morgan fingerprint density at radius 3 is 1.20 bits per heavy atom. The van der Waals surface area contributed by atoms with E-state index in [0.29, 0.717) is 0 Å². The molecule has 0 fully saturated rings. The first kappa shape index (κ1) is 37.9. The molecule has 0 aromatic rings. The first-order valence-electron chi connectivity index (χ1n) is 0. The maximum Gasteiger partial charge on any atom is 2.00 e. The molecule has 1 radical (unpaired) electrons. The van der Waals surface area contributed by atoms with Gasteiger partial charge in [-0.1, -0.05) is 0 Å². The van der Waals surface area contributed by atoms with E-state index in [4.69, 9.17) is 0 Å². The van der Waals surface area contributed by atoms with Crippen LogP contribution >= 0.6 is 0 Å². The molecule has 0 amide bonds. The van der Waals surface area contributed by atoms with E-state index in [1.54, 1.807) is 0 Å². The fraction of sp³-hybridized carbons (Fsp3) is 0. The molecule has 0 saturated heterocycles. The third-order valence-corrected chi connectivity index (χ3v) is 0. The van der Waals surface area contributed by atoms with Crippen LogP contribution in [0.2, 0.25) is 0 Å². The first-order valence-corrected chi connectivity index (χ1v) is 0. The van der Waals surface area contributed by atoms with Crippen molar-refractivity contribution in [2.75, 3.05) is 0 Å². The molecule has 0 heterocycles. The SMILES string of the molecule is [AlH3].[Dy].[H-].[H-].[Mg+2].[Sc].[SiH4]. The molecular weight excluding hydrogens is 287 g/mol. The van der Waals surface area contributed by atoms with Crippen molar-refractivity contribution >= 4 is 51.4 Å². The van der Waals surface area contributed by atoms with Crippen molar-refractivity contribution < 1.29 is 66.9 Å². The second-order valence-electron chi connectivity index (χ2n) is 0. The van der Waals surface area contributed by atoms with Gasteiger partial charge in [0.25, 0.3) is 0 Å². The van der Waals surface area contributed by atoms with Gasteiger partial charge in [-0.05, 0) is 11.0 Å². The van der Waals surface area contributed by atoms with E-state index >= 15 is 0 Å². The molecule has 0 aromatic carbocycles. The normalized spacial score (nSPS) is 0. The summed E-state index contributed by atoms with van der Waals surface area (Å²) in [6, 6.07) is 0. The maximum atomic E-state index is 0. The van der Waals surface area contributed by atoms with Crippen LogP contribution in [0.25, 0.3) is 0 Å². The van der Waals surface area contributed by atoms with Crippen molar-refractivity contribution in [3.05, 3.63) is 0 Å². The molecule has 31 valence electrons. The van der Waals surface area contributed by atoms with Crippen LogP contribution in [0.4, 0.5) is 0 Å². The monoisotopic (exact) mass is 297 g/mol. The van der Waals surface area contributed by atoms with Crippen molar-refractivity contribution in [2.45, 2.75) is 0 Å². The molecule has 0 aliphatic rings. The Morgan fingerprint density at radius 1 is 1.20 bits per heavy atom. The summed E-state index contributed by atoms with van der Waals surface area (Å²) < 4.78 is 0. The molecule has 0 rings (SSSR count). The van der Waals surface area contributed by atoms with E-state index in [2.05, 4.69) is 0 Å². The fourth-order valence-corrected chi connectivity index (χ4v) is 0. The van der Waals surface area contributed by atoms with Crippen molar-refractivity contribution in [2.24, 2.45) is 0 Å². The Labute approximate surface area is 116 Å². The average Bonchev–Trinajstić information content (AvgIpc) is 0. The van der Waals surface area contributed by atoms with Crippen LogP contribution in [0.3, 0.4) is 0 Å². The van der Waals surface area contributed by atoms with Crippen LogP contribution in [0.15, 0.2) is 0 Å². The average molecular weight is 296 g/mol. The van der Waals surface area contributed by atoms with Crippen LogP contribution in [0.1, 0.15) is 2.85 Å². The van der Waals surface area contributed by atoms with E-state index in [-0.39, 0.29) is 118 Å². The zero-order valence-electron chi connectivity index (χ0n) is 3.60. The third kappa shape index (κ3) is 18.3. The van der Waals surface area contributed by atoms with Gasteiger partial charge in [0, 0.05) is 64.0 Å². The van der Waals surface area contributed by atoms with Gasteiger partial charge in [-0.3, -0.25) is 0 Å². The van der Waals surface area contributed by atoms with E-state index in [1.807, 2.05) is 0 Å². The van der Waals surface area contributed by atoms with Crippen LogP contribution in [-0.4, -0.2) is 51.4 Å². The summed E-state index contributed by atoms with van der Waals surface area (Å²) in [5, 5.41) is 0. The van der Waals surface area contributed by atoms with Crippen molar-refractivity contribution in [3.8, 4) is 0 Å². The Hall–Kier alpha value is 3.66. The quantitative estimate of drug-likeness (QED) is 0.424. The van der Waals surface area contributed by atoms with Gasteiger partial charge >= 0.3 is 23.1 Å². The summed E-state index contributed by atoms with van der Waals surface area (Å²) in [6.07, 6.45) is 0. The second-order valence-corrected chi connectivity index (χ2v) is 0. The predicted octanol–water partition coefficient (Wildman–Crippen LogP) is -2.79. The summed E-state index contributed by atoms with van der Waals surface area (Å²) in [4.78, 5) is 0. The second kappa shape index (κ2) is 25.4. The van der Waals surface area contributed by atoms with E-state index in [0.717, 1.165) is 0 Å². The molecule has 5 heteroatoms. The zero-order chi connectivity index (χ0) is 0. The summed E-state index contributed by atoms with van der Waals surface area (Å²) in [5.74, 6) is 0. The molecule has 0 aliphatic heterocycles. The Morgan fingerprint density at radius 2 is 1.20 bits per heavy atom. The molecule has 0 spiro atoms. The van der Waals surface area contributed by atoms with E-state index in [9.17, 15) is 0 Å². The molecule has 0 aliphatic carbocycles. The smallest absolute Gasteiger partial charge is 1.00 e. The topological polar surface area (TPSA) is 0 Å². The molecule has 0 N–H and O–H groups in total. The summed E-state index contributed by atoms with van der Waals surface area (Å²) in [5.41, 5.74) is 0. The fourth-order valence-electron chi connectivity index (χ4n) is 0. The van der Waals surface area contributed by atoms with E-state index < -0.39 is 0 Å². The number of hydrogen-bond donors (Lipinski definition) is 0. The van der Waals surface area contributed by atoms with Gasteiger partial charge < -0.3 is 2.85 Å². The molecule has 0 saturated carbocycles. The van der Waals surface area contributed by atoms with Gasteiger partial charge in [0.05, 0.1) is 0 Å². The molecule has 0 aromatic heterocycles. The Balaban J connectivity index is 0. The van der Waals surface area contributed by atoms with Gasteiger partial charge in [-0.15, -0.1) is 0 Å². The molecule has 0 atom stereocenters. The van der Waals surface area contributed by atoms with E-state index in [1.165, 1.54) is 0 Å². The standard InChI is InChI=1S/Al.Dy.Mg.Sc.H4Si.5H/h;;;;1H4;;;;;/q;;+2;;;;;;2*-1. The largest absolute Gasteiger partial charge is 2.00 e. The number of hydrogen-bond acceptors (Lipinski definition) is 0. The molecule has 0 unspecified atom stereocenters. The molecule has 0 bridgehead atoms. The minimum atomic E-state index is 0. The Bertz CT molecular complexity index is 17.7.